The van der Waals surface area contributed by atoms with Gasteiger partial charge in [-0.15, -0.1) is 0 Å². The van der Waals surface area contributed by atoms with Crippen LogP contribution in [0, 0.1) is 17.8 Å². The van der Waals surface area contributed by atoms with E-state index in [1.54, 1.807) is 27.7 Å². The molecule has 0 unspecified atom stereocenters. The summed E-state index contributed by atoms with van der Waals surface area (Å²) < 4.78 is 61.8. The number of hydrogen-bond donors (Lipinski definition) is 2. The molecule has 0 bridgehead atoms. The highest BCUT2D eigenvalue weighted by Crippen LogP contribution is 2.43. The molecule has 3 aliphatic heterocycles. The molecule has 3 saturated heterocycles. The van der Waals surface area contributed by atoms with Gasteiger partial charge in [-0.25, -0.2) is 0 Å². The number of methoxy groups -OCH3 is 3. The smallest absolute Gasteiger partial charge is 0.309 e. The topological polar surface area (TPSA) is 208 Å². The van der Waals surface area contributed by atoms with E-state index < -0.39 is 121 Å². The summed E-state index contributed by atoms with van der Waals surface area (Å²) in [6.07, 6.45) is -6.17. The lowest BCUT2D eigenvalue weighted by molar-refractivity contribution is -0.320. The van der Waals surface area contributed by atoms with Gasteiger partial charge in [0.05, 0.1) is 43.0 Å². The van der Waals surface area contributed by atoms with Crippen LogP contribution in [0.2, 0.25) is 0 Å². The zero-order valence-corrected chi connectivity index (χ0v) is 43.9. The Bertz CT molecular complexity index is 1800. The molecule has 16 atom stereocenters. The minimum absolute atomic E-state index is 0.00645. The predicted octanol–water partition coefficient (Wildman–Crippen LogP) is 4.93. The van der Waals surface area contributed by atoms with Crippen molar-refractivity contribution in [2.24, 2.45) is 17.8 Å². The Morgan fingerprint density at radius 1 is 0.943 bits per heavy atom. The number of β-amino-alcohol motifs (C(OH)–C–C–N with tert-alkyl or cyclic N) is 1. The molecule has 0 aliphatic carbocycles. The summed E-state index contributed by atoms with van der Waals surface area (Å²) in [6.45, 7) is 15.0. The lowest BCUT2D eigenvalue weighted by Gasteiger charge is -2.53. The lowest BCUT2D eigenvalue weighted by atomic mass is 9.70. The maximum Gasteiger partial charge on any atom is 0.309 e. The van der Waals surface area contributed by atoms with Crippen LogP contribution in [0.5, 0.6) is 0 Å². The molecule has 0 spiro atoms. The van der Waals surface area contributed by atoms with Gasteiger partial charge < -0.3 is 62.5 Å². The standard InChI is InChI=1S/C52H84N2O16/c1-14-40(57)67-39-28-42(59)64-32(4)23-25-54(24-19-22-36-20-17-16-18-21-36)30-38(56)31(3)26-37(27-43(61-11)62-12)45(49(39)63-13)50-47(60)46(53(9)10)48(33(5)66-50)69-44-29-52(8,70-35(7)55)51(34(6)65-44)68-41(58)15-2/h16-22,31-34,37-39,43-51,56,60H,14-15,23-30H2,1-13H3/b22-19+/t31-,32-,33-,34+,37-,38+,39-,44-,45+,46-,47-,48-,49-,50+,51+,52-/m1/s1. The van der Waals surface area contributed by atoms with Crippen molar-refractivity contribution in [2.45, 2.75) is 186 Å². The second-order valence-corrected chi connectivity index (χ2v) is 19.7. The molecule has 18 heteroatoms. The minimum atomic E-state index is -1.33. The first-order valence-corrected chi connectivity index (χ1v) is 25.0. The Labute approximate surface area is 415 Å². The Kier molecular flexibility index (Phi) is 23.6. The Morgan fingerprint density at radius 3 is 2.20 bits per heavy atom. The van der Waals surface area contributed by atoms with E-state index in [0.29, 0.717) is 32.5 Å². The van der Waals surface area contributed by atoms with E-state index in [9.17, 15) is 29.4 Å². The maximum absolute atomic E-state index is 14.0. The summed E-state index contributed by atoms with van der Waals surface area (Å²) in [5, 5.41) is 25.0. The third-order valence-corrected chi connectivity index (χ3v) is 14.0. The number of aliphatic hydroxyl groups is 2. The summed E-state index contributed by atoms with van der Waals surface area (Å²) in [7, 11) is 8.14. The van der Waals surface area contributed by atoms with Crippen LogP contribution in [0.15, 0.2) is 36.4 Å². The summed E-state index contributed by atoms with van der Waals surface area (Å²) in [4.78, 5) is 56.2. The van der Waals surface area contributed by atoms with Crippen molar-refractivity contribution in [1.29, 1.82) is 0 Å². The van der Waals surface area contributed by atoms with Gasteiger partial charge in [0.1, 0.15) is 24.4 Å². The fraction of sp³-hybridized carbons (Fsp3) is 0.769. The third kappa shape index (κ3) is 16.5. The van der Waals surface area contributed by atoms with Crippen molar-refractivity contribution in [3.63, 3.8) is 0 Å². The van der Waals surface area contributed by atoms with Crippen LogP contribution in [-0.4, -0.2) is 184 Å². The first kappa shape index (κ1) is 59.0. The number of carbonyl (C=O) groups excluding carboxylic acids is 4. The van der Waals surface area contributed by atoms with E-state index in [1.165, 1.54) is 28.3 Å². The molecular formula is C52H84N2O16. The molecule has 4 rings (SSSR count). The van der Waals surface area contributed by atoms with E-state index in [-0.39, 0.29) is 38.0 Å². The highest BCUT2D eigenvalue weighted by molar-refractivity contribution is 5.73. The summed E-state index contributed by atoms with van der Waals surface area (Å²) >= 11 is 0. The van der Waals surface area contributed by atoms with Gasteiger partial charge in [-0.3, -0.25) is 24.1 Å². The molecule has 0 aromatic heterocycles. The zero-order valence-electron chi connectivity index (χ0n) is 43.9. The number of carbonyl (C=O) groups is 4. The molecule has 0 amide bonds. The molecular weight excluding hydrogens is 909 g/mol. The van der Waals surface area contributed by atoms with E-state index in [1.807, 2.05) is 76.2 Å². The van der Waals surface area contributed by atoms with Gasteiger partial charge in [-0.05, 0) is 72.0 Å². The summed E-state index contributed by atoms with van der Waals surface area (Å²) in [5.74, 6) is -3.95. The highest BCUT2D eigenvalue weighted by Gasteiger charge is 2.56. The van der Waals surface area contributed by atoms with Crippen molar-refractivity contribution >= 4 is 30.0 Å². The van der Waals surface area contributed by atoms with E-state index >= 15 is 0 Å². The monoisotopic (exact) mass is 993 g/mol. The number of likely N-dealkylation sites (N-methyl/N-ethyl adjacent to an activating group) is 1. The maximum atomic E-state index is 14.0. The molecule has 1 aromatic carbocycles. The molecule has 70 heavy (non-hydrogen) atoms. The number of ether oxygens (including phenoxy) is 10. The van der Waals surface area contributed by atoms with Gasteiger partial charge in [0, 0.05) is 79.5 Å². The van der Waals surface area contributed by atoms with Crippen molar-refractivity contribution in [2.75, 3.05) is 55.1 Å². The van der Waals surface area contributed by atoms with Crippen LogP contribution in [0.4, 0.5) is 0 Å². The summed E-state index contributed by atoms with van der Waals surface area (Å²) in [5.41, 5.74) is -0.279. The first-order chi connectivity index (χ1) is 33.2. The molecule has 398 valence electrons. The van der Waals surface area contributed by atoms with Crippen molar-refractivity contribution in [3.8, 4) is 0 Å². The van der Waals surface area contributed by atoms with Crippen LogP contribution in [0.1, 0.15) is 106 Å². The molecule has 3 heterocycles. The van der Waals surface area contributed by atoms with E-state index in [2.05, 4.69) is 11.0 Å². The van der Waals surface area contributed by atoms with Gasteiger partial charge in [0.25, 0.3) is 0 Å². The summed E-state index contributed by atoms with van der Waals surface area (Å²) in [6, 6.07) is 9.16. The Balaban J connectivity index is 1.81. The number of esters is 4. The molecule has 0 radical (unpaired) electrons. The largest absolute Gasteiger partial charge is 0.463 e. The average molecular weight is 993 g/mol. The highest BCUT2D eigenvalue weighted by atomic mass is 16.7. The van der Waals surface area contributed by atoms with E-state index in [4.69, 9.17) is 47.4 Å². The van der Waals surface area contributed by atoms with Gasteiger partial charge in [-0.2, -0.15) is 0 Å². The lowest BCUT2D eigenvalue weighted by Crippen LogP contribution is -2.67. The number of benzene rings is 1. The quantitative estimate of drug-likeness (QED) is 0.120. The molecule has 1 aromatic rings. The number of aliphatic hydroxyl groups excluding tert-OH is 2. The number of rotatable bonds is 17. The van der Waals surface area contributed by atoms with Crippen molar-refractivity contribution in [1.82, 2.24) is 9.80 Å². The van der Waals surface area contributed by atoms with Crippen molar-refractivity contribution < 1.29 is 76.8 Å². The molecule has 0 saturated carbocycles. The fourth-order valence-corrected chi connectivity index (χ4v) is 10.4. The Morgan fingerprint density at radius 2 is 1.60 bits per heavy atom. The SMILES string of the molecule is CCC(=O)O[C@@H]1CC(=O)O[C@H](C)CCN(C/C=C/c2ccccc2)C[C@H](O)[C@H](C)C[C@H](CC(OC)OC)[C@H]([C@@H]2O[C@H](C)[C@@H](O[C@@H]3C[C@@](C)(OC(C)=O)[C@@H](OC(=O)CC)[C@H](C)O3)[C@H](N(C)C)[C@H]2O)[C@@H]1OC. The van der Waals surface area contributed by atoms with Gasteiger partial charge in [0.15, 0.2) is 24.3 Å². The number of cyclic esters (lactones) is 1. The predicted molar refractivity (Wildman–Crippen MR) is 259 cm³/mol. The average Bonchev–Trinajstić information content (AvgIpc) is 3.30. The Hall–Kier alpha value is -3.56. The van der Waals surface area contributed by atoms with Crippen LogP contribution in [0.25, 0.3) is 6.08 Å². The molecule has 18 nitrogen and oxygen atoms in total. The normalized spacial score (nSPS) is 35.4. The number of hydrogen-bond acceptors (Lipinski definition) is 18. The second kappa shape index (κ2) is 28.0. The van der Waals surface area contributed by atoms with Crippen LogP contribution >= 0.6 is 0 Å². The first-order valence-electron chi connectivity index (χ1n) is 25.0. The van der Waals surface area contributed by atoms with Gasteiger partial charge in [-0.1, -0.05) is 63.3 Å². The van der Waals surface area contributed by atoms with Gasteiger partial charge >= 0.3 is 23.9 Å². The fourth-order valence-electron chi connectivity index (χ4n) is 10.4. The van der Waals surface area contributed by atoms with Crippen LogP contribution in [0.3, 0.4) is 0 Å². The number of nitrogens with zero attached hydrogens (tertiary/aromatic N) is 2. The van der Waals surface area contributed by atoms with Gasteiger partial charge in [0.2, 0.25) is 0 Å². The van der Waals surface area contributed by atoms with Crippen molar-refractivity contribution in [3.05, 3.63) is 42.0 Å². The third-order valence-electron chi connectivity index (χ3n) is 14.0. The molecule has 2 N–H and O–H groups in total. The minimum Gasteiger partial charge on any atom is -0.463 e. The van der Waals surface area contributed by atoms with Crippen LogP contribution in [-0.2, 0) is 66.5 Å². The van der Waals surface area contributed by atoms with Crippen LogP contribution < -0.4 is 0 Å². The molecule has 3 aliphatic rings. The van der Waals surface area contributed by atoms with E-state index in [0.717, 1.165) is 5.56 Å². The molecule has 3 fully saturated rings. The second-order valence-electron chi connectivity index (χ2n) is 19.7. The zero-order chi connectivity index (χ0) is 51.9.